The molecule has 3 N–H and O–H groups in total. The largest absolute Gasteiger partial charge is 0.488 e. The molecule has 0 spiro atoms. The summed E-state index contributed by atoms with van der Waals surface area (Å²) in [5.41, 5.74) is 7.31. The highest BCUT2D eigenvalue weighted by Crippen LogP contribution is 2.20. The zero-order valence-corrected chi connectivity index (χ0v) is 10.3. The lowest BCUT2D eigenvalue weighted by Crippen LogP contribution is -2.11. The van der Waals surface area contributed by atoms with Gasteiger partial charge in [0.05, 0.1) is 5.56 Å². The molecule has 0 heterocycles. The number of hydrogen-bond acceptors (Lipinski definition) is 3. The summed E-state index contributed by atoms with van der Waals surface area (Å²) >= 11 is 0. The van der Waals surface area contributed by atoms with Crippen molar-refractivity contribution < 1.29 is 4.74 Å². The van der Waals surface area contributed by atoms with Crippen molar-refractivity contribution in [2.45, 2.75) is 6.61 Å². The fourth-order valence-corrected chi connectivity index (χ4v) is 1.65. The number of ether oxygens (including phenoxy) is 1. The number of rotatable bonds is 4. The number of hydrogen-bond donors (Lipinski definition) is 2. The highest BCUT2D eigenvalue weighted by atomic mass is 16.5. The standard InChI is InChI=1S/C15H13N3O/c16-9-13-8-12(15(17)18)6-7-14(13)19-10-11-4-2-1-3-5-11/h1-8H,10H2,(H3,17,18). The summed E-state index contributed by atoms with van der Waals surface area (Å²) in [5, 5.41) is 16.4. The lowest BCUT2D eigenvalue weighted by atomic mass is 10.1. The van der Waals surface area contributed by atoms with Crippen molar-refractivity contribution in [3.05, 3.63) is 65.2 Å². The van der Waals surface area contributed by atoms with E-state index in [2.05, 4.69) is 0 Å². The Hall–Kier alpha value is -2.80. The van der Waals surface area contributed by atoms with Crippen molar-refractivity contribution >= 4 is 5.84 Å². The van der Waals surface area contributed by atoms with Gasteiger partial charge >= 0.3 is 0 Å². The lowest BCUT2D eigenvalue weighted by Gasteiger charge is -2.09. The van der Waals surface area contributed by atoms with E-state index >= 15 is 0 Å². The Morgan fingerprint density at radius 1 is 1.21 bits per heavy atom. The second-order valence-electron chi connectivity index (χ2n) is 4.01. The summed E-state index contributed by atoms with van der Waals surface area (Å²) in [6.07, 6.45) is 0. The summed E-state index contributed by atoms with van der Waals surface area (Å²) in [4.78, 5) is 0. The molecule has 94 valence electrons. The summed E-state index contributed by atoms with van der Waals surface area (Å²) < 4.78 is 5.62. The highest BCUT2D eigenvalue weighted by molar-refractivity contribution is 5.95. The van der Waals surface area contributed by atoms with Gasteiger partial charge in [0.1, 0.15) is 24.3 Å². The first kappa shape index (κ1) is 12.7. The molecule has 0 fully saturated rings. The normalized spacial score (nSPS) is 9.63. The molecule has 0 aliphatic carbocycles. The molecule has 0 saturated carbocycles. The molecule has 0 saturated heterocycles. The van der Waals surface area contributed by atoms with E-state index in [4.69, 9.17) is 21.1 Å². The van der Waals surface area contributed by atoms with Gasteiger partial charge < -0.3 is 10.5 Å². The fourth-order valence-electron chi connectivity index (χ4n) is 1.65. The molecule has 4 nitrogen and oxygen atoms in total. The Labute approximate surface area is 111 Å². The third kappa shape index (κ3) is 3.11. The highest BCUT2D eigenvalue weighted by Gasteiger charge is 2.06. The number of nitriles is 1. The first-order chi connectivity index (χ1) is 9.20. The molecule has 0 aromatic heterocycles. The minimum atomic E-state index is -0.0638. The average molecular weight is 251 g/mol. The van der Waals surface area contributed by atoms with E-state index in [0.717, 1.165) is 5.56 Å². The van der Waals surface area contributed by atoms with Gasteiger partial charge in [-0.05, 0) is 23.8 Å². The second kappa shape index (κ2) is 5.69. The summed E-state index contributed by atoms with van der Waals surface area (Å²) in [6, 6.07) is 16.7. The van der Waals surface area contributed by atoms with Crippen LogP contribution in [0.15, 0.2) is 48.5 Å². The van der Waals surface area contributed by atoms with Gasteiger partial charge in [0.15, 0.2) is 0 Å². The van der Waals surface area contributed by atoms with Gasteiger partial charge in [0.25, 0.3) is 0 Å². The first-order valence-electron chi connectivity index (χ1n) is 5.76. The van der Waals surface area contributed by atoms with Crippen LogP contribution < -0.4 is 10.5 Å². The number of amidine groups is 1. The minimum absolute atomic E-state index is 0.0638. The number of benzene rings is 2. The van der Waals surface area contributed by atoms with Gasteiger partial charge in [-0.1, -0.05) is 30.3 Å². The zero-order valence-electron chi connectivity index (χ0n) is 10.3. The monoisotopic (exact) mass is 251 g/mol. The summed E-state index contributed by atoms with van der Waals surface area (Å²) in [5.74, 6) is 0.433. The Bertz CT molecular complexity index is 630. The van der Waals surface area contributed by atoms with E-state index in [0.29, 0.717) is 23.5 Å². The molecule has 0 amide bonds. The maximum atomic E-state index is 9.08. The number of nitrogens with zero attached hydrogens (tertiary/aromatic N) is 1. The molecule has 0 bridgehead atoms. The van der Waals surface area contributed by atoms with Gasteiger partial charge in [0.2, 0.25) is 0 Å². The van der Waals surface area contributed by atoms with Crippen LogP contribution in [-0.4, -0.2) is 5.84 Å². The third-order valence-electron chi connectivity index (χ3n) is 2.65. The van der Waals surface area contributed by atoms with Crippen molar-refractivity contribution in [2.75, 3.05) is 0 Å². The predicted molar refractivity (Wildman–Crippen MR) is 72.9 cm³/mol. The maximum Gasteiger partial charge on any atom is 0.137 e. The van der Waals surface area contributed by atoms with Crippen molar-refractivity contribution in [3.63, 3.8) is 0 Å². The van der Waals surface area contributed by atoms with E-state index in [1.807, 2.05) is 36.4 Å². The van der Waals surface area contributed by atoms with Gasteiger partial charge in [-0.2, -0.15) is 5.26 Å². The number of nitrogens with one attached hydrogen (secondary N) is 1. The molecule has 0 aliphatic rings. The molecule has 4 heteroatoms. The molecule has 0 unspecified atom stereocenters. The van der Waals surface area contributed by atoms with Crippen molar-refractivity contribution in [3.8, 4) is 11.8 Å². The molecule has 2 rings (SSSR count). The molecule has 0 atom stereocenters. The summed E-state index contributed by atoms with van der Waals surface area (Å²) in [7, 11) is 0. The molecule has 19 heavy (non-hydrogen) atoms. The van der Waals surface area contributed by atoms with Crippen LogP contribution in [0.2, 0.25) is 0 Å². The zero-order chi connectivity index (χ0) is 13.7. The maximum absolute atomic E-state index is 9.08. The van der Waals surface area contributed by atoms with Crippen LogP contribution in [0.5, 0.6) is 5.75 Å². The van der Waals surface area contributed by atoms with Crippen LogP contribution >= 0.6 is 0 Å². The average Bonchev–Trinajstić information content (AvgIpc) is 2.45. The van der Waals surface area contributed by atoms with E-state index in [9.17, 15) is 0 Å². The quantitative estimate of drug-likeness (QED) is 0.646. The smallest absolute Gasteiger partial charge is 0.137 e. The molecular weight excluding hydrogens is 238 g/mol. The molecular formula is C15H13N3O. The van der Waals surface area contributed by atoms with E-state index in [1.54, 1.807) is 18.2 Å². The van der Waals surface area contributed by atoms with Crippen molar-refractivity contribution in [1.29, 1.82) is 10.7 Å². The van der Waals surface area contributed by atoms with Crippen molar-refractivity contribution in [1.82, 2.24) is 0 Å². The van der Waals surface area contributed by atoms with Gasteiger partial charge in [-0.3, -0.25) is 5.41 Å². The van der Waals surface area contributed by atoms with Crippen LogP contribution in [0.4, 0.5) is 0 Å². The van der Waals surface area contributed by atoms with E-state index in [1.165, 1.54) is 0 Å². The molecule has 0 aliphatic heterocycles. The van der Waals surface area contributed by atoms with Crippen LogP contribution in [0.25, 0.3) is 0 Å². The first-order valence-corrected chi connectivity index (χ1v) is 5.76. The van der Waals surface area contributed by atoms with Crippen LogP contribution in [0, 0.1) is 16.7 Å². The fraction of sp³-hybridized carbons (Fsp3) is 0.0667. The Kier molecular flexibility index (Phi) is 3.79. The lowest BCUT2D eigenvalue weighted by molar-refractivity contribution is 0.305. The SMILES string of the molecule is N#Cc1cc(C(=N)N)ccc1OCc1ccccc1. The molecule has 2 aromatic carbocycles. The molecule has 0 radical (unpaired) electrons. The van der Waals surface area contributed by atoms with Crippen LogP contribution in [0.3, 0.4) is 0 Å². The Balaban J connectivity index is 2.17. The topological polar surface area (TPSA) is 82.9 Å². The van der Waals surface area contributed by atoms with Gasteiger partial charge in [-0.15, -0.1) is 0 Å². The number of nitrogen functional groups attached to an aromatic ring is 1. The predicted octanol–water partition coefficient (Wildman–Crippen LogP) is 2.42. The van der Waals surface area contributed by atoms with Crippen LogP contribution in [-0.2, 0) is 6.61 Å². The number of nitrogens with two attached hydrogens (primary N) is 1. The Morgan fingerprint density at radius 2 is 1.95 bits per heavy atom. The van der Waals surface area contributed by atoms with Gasteiger partial charge in [0, 0.05) is 5.56 Å². The Morgan fingerprint density at radius 3 is 2.58 bits per heavy atom. The van der Waals surface area contributed by atoms with Gasteiger partial charge in [-0.25, -0.2) is 0 Å². The second-order valence-corrected chi connectivity index (χ2v) is 4.01. The molecule has 2 aromatic rings. The minimum Gasteiger partial charge on any atom is -0.488 e. The van der Waals surface area contributed by atoms with E-state index < -0.39 is 0 Å². The van der Waals surface area contributed by atoms with E-state index in [-0.39, 0.29) is 5.84 Å². The third-order valence-corrected chi connectivity index (χ3v) is 2.65. The summed E-state index contributed by atoms with van der Waals surface area (Å²) in [6.45, 7) is 0.398. The van der Waals surface area contributed by atoms with Crippen molar-refractivity contribution in [2.24, 2.45) is 5.73 Å². The van der Waals surface area contributed by atoms with Crippen LogP contribution in [0.1, 0.15) is 16.7 Å².